The molecule has 21 heavy (non-hydrogen) atoms. The van der Waals surface area contributed by atoms with E-state index in [2.05, 4.69) is 16.3 Å². The van der Waals surface area contributed by atoms with E-state index in [0.29, 0.717) is 6.61 Å². The lowest BCUT2D eigenvalue weighted by atomic mass is 10.0. The number of nitrogens with zero attached hydrogens (tertiary/aromatic N) is 1. The highest BCUT2D eigenvalue weighted by Crippen LogP contribution is 2.33. The Morgan fingerprint density at radius 2 is 2.05 bits per heavy atom. The minimum atomic E-state index is 0.185. The van der Waals surface area contributed by atoms with Crippen LogP contribution in [0.1, 0.15) is 24.9 Å². The highest BCUT2D eigenvalue weighted by atomic mass is 16.5. The first-order valence-corrected chi connectivity index (χ1v) is 7.66. The molecule has 1 saturated heterocycles. The summed E-state index contributed by atoms with van der Waals surface area (Å²) >= 11 is 0. The van der Waals surface area contributed by atoms with Crippen molar-refractivity contribution in [3.05, 3.63) is 23.8 Å². The van der Waals surface area contributed by atoms with Crippen LogP contribution in [-0.4, -0.2) is 56.5 Å². The Hall–Kier alpha value is -1.30. The highest BCUT2D eigenvalue weighted by Gasteiger charge is 2.22. The molecular weight excluding hydrogens is 268 g/mol. The van der Waals surface area contributed by atoms with Crippen LogP contribution in [0.3, 0.4) is 0 Å². The van der Waals surface area contributed by atoms with Crippen LogP contribution in [0.5, 0.6) is 11.5 Å². The van der Waals surface area contributed by atoms with E-state index in [1.807, 2.05) is 19.1 Å². The smallest absolute Gasteiger partial charge is 0.161 e. The fraction of sp³-hybridized carbons (Fsp3) is 0.625. The Balaban J connectivity index is 2.22. The molecule has 1 fully saturated rings. The molecule has 5 nitrogen and oxygen atoms in total. The zero-order valence-corrected chi connectivity index (χ0v) is 13.0. The summed E-state index contributed by atoms with van der Waals surface area (Å²) < 4.78 is 11.0. The van der Waals surface area contributed by atoms with Crippen molar-refractivity contribution in [1.29, 1.82) is 0 Å². The zero-order valence-electron chi connectivity index (χ0n) is 13.0. The van der Waals surface area contributed by atoms with Crippen molar-refractivity contribution in [3.63, 3.8) is 0 Å². The van der Waals surface area contributed by atoms with E-state index in [0.717, 1.165) is 44.1 Å². The topological polar surface area (TPSA) is 54.0 Å². The first-order valence-electron chi connectivity index (χ1n) is 7.66. The van der Waals surface area contributed by atoms with Gasteiger partial charge in [0, 0.05) is 38.8 Å². The number of rotatable bonds is 7. The van der Waals surface area contributed by atoms with E-state index in [1.54, 1.807) is 7.11 Å². The third-order valence-electron chi connectivity index (χ3n) is 3.87. The summed E-state index contributed by atoms with van der Waals surface area (Å²) in [5, 5.41) is 12.8. The van der Waals surface area contributed by atoms with Crippen molar-refractivity contribution < 1.29 is 14.6 Å². The molecule has 2 N–H and O–H groups in total. The van der Waals surface area contributed by atoms with Crippen molar-refractivity contribution in [1.82, 2.24) is 10.2 Å². The summed E-state index contributed by atoms with van der Waals surface area (Å²) in [6.07, 6.45) is 0.733. The van der Waals surface area contributed by atoms with Crippen LogP contribution in [-0.2, 0) is 0 Å². The maximum Gasteiger partial charge on any atom is 0.161 e. The van der Waals surface area contributed by atoms with Crippen LogP contribution in [0.15, 0.2) is 18.2 Å². The third-order valence-corrected chi connectivity index (χ3v) is 3.87. The maximum absolute atomic E-state index is 9.40. The second-order valence-electron chi connectivity index (χ2n) is 5.16. The number of aliphatic hydroxyl groups excluding tert-OH is 1. The second kappa shape index (κ2) is 8.22. The van der Waals surface area contributed by atoms with Gasteiger partial charge in [-0.1, -0.05) is 6.07 Å². The quantitative estimate of drug-likeness (QED) is 0.796. The molecule has 0 spiro atoms. The van der Waals surface area contributed by atoms with E-state index in [9.17, 15) is 5.11 Å². The Bertz CT molecular complexity index is 434. The predicted octanol–water partition coefficient (Wildman–Crippen LogP) is 1.42. The standard InChI is InChI=1S/C16H26N2O3/c1-3-21-15-5-4-13(12-16(15)20-2)14(6-11-19)18-9-7-17-8-10-18/h4-5,12,14,17,19H,3,6-11H2,1-2H3/t14-/m1/s1. The zero-order chi connectivity index (χ0) is 15.1. The summed E-state index contributed by atoms with van der Waals surface area (Å²) in [6, 6.07) is 6.30. The predicted molar refractivity (Wildman–Crippen MR) is 83.0 cm³/mol. The fourth-order valence-electron chi connectivity index (χ4n) is 2.84. The molecular formula is C16H26N2O3. The van der Waals surface area contributed by atoms with Crippen molar-refractivity contribution in [2.24, 2.45) is 0 Å². The van der Waals surface area contributed by atoms with Gasteiger partial charge >= 0.3 is 0 Å². The Kier molecular flexibility index (Phi) is 6.29. The summed E-state index contributed by atoms with van der Waals surface area (Å²) in [5.74, 6) is 1.53. The average molecular weight is 294 g/mol. The lowest BCUT2D eigenvalue weighted by molar-refractivity contribution is 0.141. The minimum absolute atomic E-state index is 0.185. The van der Waals surface area contributed by atoms with Crippen molar-refractivity contribution in [3.8, 4) is 11.5 Å². The van der Waals surface area contributed by atoms with Gasteiger partial charge in [-0.3, -0.25) is 4.90 Å². The first kappa shape index (κ1) is 16.1. The summed E-state index contributed by atoms with van der Waals surface area (Å²) in [5.41, 5.74) is 1.17. The van der Waals surface area contributed by atoms with Gasteiger partial charge in [-0.25, -0.2) is 0 Å². The maximum atomic E-state index is 9.40. The molecule has 1 aromatic carbocycles. The van der Waals surface area contributed by atoms with Crippen LogP contribution in [0, 0.1) is 0 Å². The average Bonchev–Trinajstić information content (AvgIpc) is 2.54. The van der Waals surface area contributed by atoms with Gasteiger partial charge in [0.05, 0.1) is 13.7 Å². The lowest BCUT2D eigenvalue weighted by Crippen LogP contribution is -2.45. The van der Waals surface area contributed by atoms with Gasteiger partial charge in [0.2, 0.25) is 0 Å². The first-order chi connectivity index (χ1) is 10.3. The van der Waals surface area contributed by atoms with Crippen LogP contribution >= 0.6 is 0 Å². The van der Waals surface area contributed by atoms with Gasteiger partial charge in [0.15, 0.2) is 11.5 Å². The van der Waals surface area contributed by atoms with Crippen LogP contribution in [0.2, 0.25) is 0 Å². The molecule has 1 heterocycles. The summed E-state index contributed by atoms with van der Waals surface area (Å²) in [6.45, 7) is 6.76. The van der Waals surface area contributed by atoms with E-state index in [1.165, 1.54) is 5.56 Å². The monoisotopic (exact) mass is 294 g/mol. The van der Waals surface area contributed by atoms with Gasteiger partial charge < -0.3 is 19.9 Å². The molecule has 0 bridgehead atoms. The number of ether oxygens (including phenoxy) is 2. The SMILES string of the molecule is CCOc1ccc([C@@H](CCO)N2CCNCC2)cc1OC. The minimum Gasteiger partial charge on any atom is -0.493 e. The van der Waals surface area contributed by atoms with E-state index < -0.39 is 0 Å². The third kappa shape index (κ3) is 4.09. The number of nitrogens with one attached hydrogen (secondary N) is 1. The number of piperazine rings is 1. The van der Waals surface area contributed by atoms with E-state index in [-0.39, 0.29) is 12.6 Å². The van der Waals surface area contributed by atoms with Crippen LogP contribution in [0.4, 0.5) is 0 Å². The molecule has 0 saturated carbocycles. The van der Waals surface area contributed by atoms with Crippen LogP contribution in [0.25, 0.3) is 0 Å². The van der Waals surface area contributed by atoms with E-state index in [4.69, 9.17) is 9.47 Å². The van der Waals surface area contributed by atoms with E-state index >= 15 is 0 Å². The molecule has 0 unspecified atom stereocenters. The molecule has 1 atom stereocenters. The number of methoxy groups -OCH3 is 1. The molecule has 0 aliphatic carbocycles. The van der Waals surface area contributed by atoms with Gasteiger partial charge in [0.25, 0.3) is 0 Å². The molecule has 0 radical (unpaired) electrons. The lowest BCUT2D eigenvalue weighted by Gasteiger charge is -2.35. The molecule has 1 aliphatic heterocycles. The van der Waals surface area contributed by atoms with Gasteiger partial charge in [-0.15, -0.1) is 0 Å². The number of hydrogen-bond acceptors (Lipinski definition) is 5. The number of aliphatic hydroxyl groups is 1. The Morgan fingerprint density at radius 1 is 1.29 bits per heavy atom. The fourth-order valence-corrected chi connectivity index (χ4v) is 2.84. The number of benzene rings is 1. The summed E-state index contributed by atoms with van der Waals surface area (Å²) in [4.78, 5) is 2.42. The Morgan fingerprint density at radius 3 is 2.67 bits per heavy atom. The molecule has 2 rings (SSSR count). The molecule has 5 heteroatoms. The normalized spacial score (nSPS) is 17.5. The molecule has 0 amide bonds. The summed E-state index contributed by atoms with van der Waals surface area (Å²) in [7, 11) is 1.66. The van der Waals surface area contributed by atoms with Crippen molar-refractivity contribution >= 4 is 0 Å². The van der Waals surface area contributed by atoms with Crippen molar-refractivity contribution in [2.75, 3.05) is 46.5 Å². The molecule has 1 aromatic rings. The van der Waals surface area contributed by atoms with Gasteiger partial charge in [-0.05, 0) is 31.0 Å². The van der Waals surface area contributed by atoms with Gasteiger partial charge in [0.1, 0.15) is 0 Å². The molecule has 0 aromatic heterocycles. The largest absolute Gasteiger partial charge is 0.493 e. The van der Waals surface area contributed by atoms with Gasteiger partial charge in [-0.2, -0.15) is 0 Å². The van der Waals surface area contributed by atoms with Crippen molar-refractivity contribution in [2.45, 2.75) is 19.4 Å². The van der Waals surface area contributed by atoms with Crippen LogP contribution < -0.4 is 14.8 Å². The molecule has 118 valence electrons. The Labute approximate surface area is 126 Å². The highest BCUT2D eigenvalue weighted by molar-refractivity contribution is 5.44. The second-order valence-corrected chi connectivity index (χ2v) is 5.16. The number of hydrogen-bond donors (Lipinski definition) is 2. The molecule has 1 aliphatic rings.